The number of hydrogen-bond donors (Lipinski definition) is 1. The molecule has 1 aromatic carbocycles. The molecule has 1 aromatic heterocycles. The Labute approximate surface area is 148 Å². The van der Waals surface area contributed by atoms with Gasteiger partial charge in [0, 0.05) is 25.2 Å². The molecule has 0 aliphatic carbocycles. The van der Waals surface area contributed by atoms with Crippen LogP contribution < -0.4 is 14.8 Å². The van der Waals surface area contributed by atoms with E-state index in [2.05, 4.69) is 41.3 Å². The molecule has 25 heavy (non-hydrogen) atoms. The molecule has 1 aliphatic rings. The lowest BCUT2D eigenvalue weighted by atomic mass is 10.2. The van der Waals surface area contributed by atoms with Gasteiger partial charge in [0.05, 0.1) is 19.8 Å². The fourth-order valence-corrected chi connectivity index (χ4v) is 2.76. The molecule has 0 amide bonds. The molecule has 1 aliphatic heterocycles. The van der Waals surface area contributed by atoms with E-state index in [0.29, 0.717) is 30.0 Å². The smallest absolute Gasteiger partial charge is 0.258 e. The summed E-state index contributed by atoms with van der Waals surface area (Å²) in [5.74, 6) is 3.01. The second-order valence-corrected chi connectivity index (χ2v) is 6.73. The number of piperazine rings is 1. The largest absolute Gasteiger partial charge is 0.493 e. The van der Waals surface area contributed by atoms with Gasteiger partial charge in [-0.15, -0.1) is 0 Å². The molecule has 1 fully saturated rings. The first-order chi connectivity index (χ1) is 12.1. The molecule has 0 spiro atoms. The second-order valence-electron chi connectivity index (χ2n) is 6.73. The SMILES string of the molecule is COc1cc(-c2nc(C3CNCCN3C)no2)ccc1OCC(C)C. The number of ether oxygens (including phenoxy) is 2. The van der Waals surface area contributed by atoms with Crippen molar-refractivity contribution in [2.75, 3.05) is 40.4 Å². The maximum atomic E-state index is 5.79. The zero-order valence-corrected chi connectivity index (χ0v) is 15.3. The summed E-state index contributed by atoms with van der Waals surface area (Å²) >= 11 is 0. The van der Waals surface area contributed by atoms with Gasteiger partial charge in [-0.05, 0) is 31.2 Å². The summed E-state index contributed by atoms with van der Waals surface area (Å²) in [5, 5.41) is 7.53. The van der Waals surface area contributed by atoms with Crippen LogP contribution in [0.1, 0.15) is 25.7 Å². The Hall–Kier alpha value is -2.12. The molecule has 0 bridgehead atoms. The van der Waals surface area contributed by atoms with Crippen molar-refractivity contribution in [1.82, 2.24) is 20.4 Å². The van der Waals surface area contributed by atoms with E-state index in [0.717, 1.165) is 30.9 Å². The molecule has 2 aromatic rings. The lowest BCUT2D eigenvalue weighted by Crippen LogP contribution is -2.44. The molecular weight excluding hydrogens is 320 g/mol. The van der Waals surface area contributed by atoms with E-state index >= 15 is 0 Å². The summed E-state index contributed by atoms with van der Waals surface area (Å²) in [6, 6.07) is 5.80. The van der Waals surface area contributed by atoms with Gasteiger partial charge in [-0.1, -0.05) is 19.0 Å². The van der Waals surface area contributed by atoms with Crippen molar-refractivity contribution in [1.29, 1.82) is 0 Å². The third kappa shape index (κ3) is 4.11. The third-order valence-corrected chi connectivity index (χ3v) is 4.23. The van der Waals surface area contributed by atoms with Crippen molar-refractivity contribution in [2.24, 2.45) is 5.92 Å². The van der Waals surface area contributed by atoms with Crippen LogP contribution in [0.15, 0.2) is 22.7 Å². The van der Waals surface area contributed by atoms with E-state index in [-0.39, 0.29) is 6.04 Å². The lowest BCUT2D eigenvalue weighted by Gasteiger charge is -2.30. The van der Waals surface area contributed by atoms with Crippen molar-refractivity contribution < 1.29 is 14.0 Å². The Kier molecular flexibility index (Phi) is 5.55. The average Bonchev–Trinajstić information content (AvgIpc) is 3.10. The van der Waals surface area contributed by atoms with Crippen molar-refractivity contribution in [2.45, 2.75) is 19.9 Å². The Balaban J connectivity index is 1.80. The Morgan fingerprint density at radius 2 is 2.20 bits per heavy atom. The molecule has 1 atom stereocenters. The zero-order chi connectivity index (χ0) is 17.8. The van der Waals surface area contributed by atoms with E-state index < -0.39 is 0 Å². The molecule has 0 saturated carbocycles. The number of rotatable bonds is 6. The highest BCUT2D eigenvalue weighted by Gasteiger charge is 2.25. The summed E-state index contributed by atoms with van der Waals surface area (Å²) in [7, 11) is 3.70. The van der Waals surface area contributed by atoms with E-state index in [1.54, 1.807) is 7.11 Å². The summed E-state index contributed by atoms with van der Waals surface area (Å²) in [6.45, 7) is 7.62. The molecule has 1 unspecified atom stereocenters. The minimum atomic E-state index is 0.127. The first kappa shape index (κ1) is 17.7. The number of nitrogens with one attached hydrogen (secondary N) is 1. The van der Waals surface area contributed by atoms with Crippen molar-refractivity contribution in [3.05, 3.63) is 24.0 Å². The quantitative estimate of drug-likeness (QED) is 0.861. The summed E-state index contributed by atoms with van der Waals surface area (Å²) < 4.78 is 16.7. The van der Waals surface area contributed by atoms with Crippen LogP contribution in [-0.2, 0) is 0 Å². The molecule has 136 valence electrons. The summed E-state index contributed by atoms with van der Waals surface area (Å²) in [5.41, 5.74) is 0.818. The molecule has 0 radical (unpaired) electrons. The predicted octanol–water partition coefficient (Wildman–Crippen LogP) is 2.36. The van der Waals surface area contributed by atoms with Crippen LogP contribution in [0.4, 0.5) is 0 Å². The summed E-state index contributed by atoms with van der Waals surface area (Å²) in [4.78, 5) is 6.81. The fraction of sp³-hybridized carbons (Fsp3) is 0.556. The molecule has 2 heterocycles. The predicted molar refractivity (Wildman–Crippen MR) is 94.9 cm³/mol. The molecule has 7 heteroatoms. The molecule has 7 nitrogen and oxygen atoms in total. The highest BCUT2D eigenvalue weighted by molar-refractivity contribution is 5.59. The zero-order valence-electron chi connectivity index (χ0n) is 15.3. The normalized spacial score (nSPS) is 18.5. The maximum absolute atomic E-state index is 5.79. The van der Waals surface area contributed by atoms with Crippen LogP contribution in [-0.4, -0.2) is 55.4 Å². The van der Waals surface area contributed by atoms with Gasteiger partial charge in [0.15, 0.2) is 17.3 Å². The summed E-state index contributed by atoms with van der Waals surface area (Å²) in [6.07, 6.45) is 0. The van der Waals surface area contributed by atoms with Gasteiger partial charge >= 0.3 is 0 Å². The van der Waals surface area contributed by atoms with Gasteiger partial charge in [-0.2, -0.15) is 4.98 Å². The molecule has 3 rings (SSSR count). The van der Waals surface area contributed by atoms with Gasteiger partial charge in [-0.3, -0.25) is 4.90 Å². The van der Waals surface area contributed by atoms with Gasteiger partial charge in [0.25, 0.3) is 5.89 Å². The lowest BCUT2D eigenvalue weighted by molar-refractivity contribution is 0.190. The second kappa shape index (κ2) is 7.84. The van der Waals surface area contributed by atoms with Gasteiger partial charge in [-0.25, -0.2) is 0 Å². The monoisotopic (exact) mass is 346 g/mol. The third-order valence-electron chi connectivity index (χ3n) is 4.23. The van der Waals surface area contributed by atoms with Crippen LogP contribution in [0.25, 0.3) is 11.5 Å². The van der Waals surface area contributed by atoms with Gasteiger partial charge < -0.3 is 19.3 Å². The van der Waals surface area contributed by atoms with Crippen LogP contribution in [0.2, 0.25) is 0 Å². The Morgan fingerprint density at radius 3 is 2.92 bits per heavy atom. The van der Waals surface area contributed by atoms with Crippen LogP contribution in [0, 0.1) is 5.92 Å². The van der Waals surface area contributed by atoms with E-state index in [4.69, 9.17) is 14.0 Å². The molecule has 1 saturated heterocycles. The van der Waals surface area contributed by atoms with Gasteiger partial charge in [0.1, 0.15) is 0 Å². The van der Waals surface area contributed by atoms with Crippen molar-refractivity contribution in [3.63, 3.8) is 0 Å². The molecule has 1 N–H and O–H groups in total. The number of aromatic nitrogens is 2. The van der Waals surface area contributed by atoms with Crippen LogP contribution >= 0.6 is 0 Å². The topological polar surface area (TPSA) is 72.7 Å². The number of likely N-dealkylation sites (N-methyl/N-ethyl adjacent to an activating group) is 1. The standard InChI is InChI=1S/C18H26N4O3/c1-12(2)11-24-15-6-5-13(9-16(15)23-4)18-20-17(21-25-18)14-10-19-7-8-22(14)3/h5-6,9,12,14,19H,7-8,10-11H2,1-4H3. The van der Waals surface area contributed by atoms with E-state index in [9.17, 15) is 0 Å². The Morgan fingerprint density at radius 1 is 1.36 bits per heavy atom. The van der Waals surface area contributed by atoms with Crippen molar-refractivity contribution in [3.8, 4) is 23.0 Å². The highest BCUT2D eigenvalue weighted by Crippen LogP contribution is 2.32. The fourth-order valence-electron chi connectivity index (χ4n) is 2.76. The van der Waals surface area contributed by atoms with Crippen LogP contribution in [0.3, 0.4) is 0 Å². The first-order valence-electron chi connectivity index (χ1n) is 8.64. The Bertz CT molecular complexity index is 701. The number of nitrogens with zero attached hydrogens (tertiary/aromatic N) is 3. The van der Waals surface area contributed by atoms with Crippen LogP contribution in [0.5, 0.6) is 11.5 Å². The minimum absolute atomic E-state index is 0.127. The molecular formula is C18H26N4O3. The minimum Gasteiger partial charge on any atom is -0.493 e. The highest BCUT2D eigenvalue weighted by atomic mass is 16.5. The van der Waals surface area contributed by atoms with E-state index in [1.165, 1.54) is 0 Å². The van der Waals surface area contributed by atoms with Crippen molar-refractivity contribution >= 4 is 0 Å². The first-order valence-corrected chi connectivity index (χ1v) is 8.64. The van der Waals surface area contributed by atoms with E-state index in [1.807, 2.05) is 18.2 Å². The number of benzene rings is 1. The number of methoxy groups -OCH3 is 1. The maximum Gasteiger partial charge on any atom is 0.258 e. The average molecular weight is 346 g/mol. The number of hydrogen-bond acceptors (Lipinski definition) is 7. The van der Waals surface area contributed by atoms with Gasteiger partial charge in [0.2, 0.25) is 0 Å².